The van der Waals surface area contributed by atoms with Crippen LogP contribution in [-0.2, 0) is 21.2 Å². The molecule has 0 spiro atoms. The molecule has 1 heterocycles. The third-order valence-electron chi connectivity index (χ3n) is 4.26. The molecule has 0 fully saturated rings. The van der Waals surface area contributed by atoms with Crippen LogP contribution in [0.2, 0.25) is 0 Å². The van der Waals surface area contributed by atoms with Gasteiger partial charge in [0.05, 0.1) is 11.4 Å². The molecule has 2 aromatic rings. The van der Waals surface area contributed by atoms with Crippen LogP contribution >= 0.6 is 0 Å². The van der Waals surface area contributed by atoms with Crippen molar-refractivity contribution in [3.8, 4) is 0 Å². The Kier molecular flexibility index (Phi) is 5.06. The van der Waals surface area contributed by atoms with Gasteiger partial charge in [-0.05, 0) is 42.3 Å². The third kappa shape index (κ3) is 3.61. The van der Waals surface area contributed by atoms with Crippen molar-refractivity contribution in [3.63, 3.8) is 0 Å². The number of hydrogen-bond acceptors (Lipinski definition) is 4. The highest BCUT2D eigenvalue weighted by Crippen LogP contribution is 2.27. The zero-order chi connectivity index (χ0) is 18.7. The molecule has 0 bridgehead atoms. The van der Waals surface area contributed by atoms with Crippen LogP contribution in [0.3, 0.4) is 0 Å². The number of para-hydroxylation sites is 1. The minimum absolute atomic E-state index is 0.000208. The highest BCUT2D eigenvalue weighted by molar-refractivity contribution is 7.89. The Bertz CT molecular complexity index is 939. The lowest BCUT2D eigenvalue weighted by atomic mass is 10.2. The molecule has 8 heteroatoms. The zero-order valence-corrected chi connectivity index (χ0v) is 15.0. The Labute approximate surface area is 152 Å². The van der Waals surface area contributed by atoms with Crippen molar-refractivity contribution in [1.82, 2.24) is 10.0 Å². The fraction of sp³-hybridized carbons (Fsp3) is 0.222. The number of rotatable bonds is 5. The molecule has 2 amide bonds. The van der Waals surface area contributed by atoms with Crippen LogP contribution < -0.4 is 14.9 Å². The van der Waals surface area contributed by atoms with Crippen molar-refractivity contribution in [1.29, 1.82) is 0 Å². The quantitative estimate of drug-likeness (QED) is 0.814. The van der Waals surface area contributed by atoms with E-state index in [4.69, 9.17) is 0 Å². The van der Waals surface area contributed by atoms with E-state index in [9.17, 15) is 18.0 Å². The molecule has 3 rings (SSSR count). The van der Waals surface area contributed by atoms with Gasteiger partial charge in [0.2, 0.25) is 15.9 Å². The van der Waals surface area contributed by atoms with E-state index < -0.39 is 10.0 Å². The molecule has 7 nitrogen and oxygen atoms in total. The van der Waals surface area contributed by atoms with E-state index in [2.05, 4.69) is 10.0 Å². The van der Waals surface area contributed by atoms with Gasteiger partial charge in [0, 0.05) is 24.8 Å². The molecule has 0 saturated carbocycles. The van der Waals surface area contributed by atoms with Crippen LogP contribution in [0, 0.1) is 0 Å². The maximum Gasteiger partial charge on any atom is 0.251 e. The molecule has 0 atom stereocenters. The fourth-order valence-corrected chi connectivity index (χ4v) is 3.84. The van der Waals surface area contributed by atoms with Gasteiger partial charge in [0.1, 0.15) is 0 Å². The summed E-state index contributed by atoms with van der Waals surface area (Å²) in [6, 6.07) is 13.1. The highest BCUT2D eigenvalue weighted by atomic mass is 32.2. The molecule has 136 valence electrons. The topological polar surface area (TPSA) is 95.6 Å². The van der Waals surface area contributed by atoms with Crippen LogP contribution in [0.1, 0.15) is 15.9 Å². The summed E-state index contributed by atoms with van der Waals surface area (Å²) in [6.45, 7) is 0.217. The van der Waals surface area contributed by atoms with Crippen molar-refractivity contribution in [2.75, 3.05) is 25.0 Å². The van der Waals surface area contributed by atoms with Crippen molar-refractivity contribution < 1.29 is 18.0 Å². The minimum Gasteiger partial charge on any atom is -0.355 e. The van der Waals surface area contributed by atoms with E-state index in [0.717, 1.165) is 17.7 Å². The lowest BCUT2D eigenvalue weighted by Gasteiger charge is -2.17. The van der Waals surface area contributed by atoms with Gasteiger partial charge in [-0.3, -0.25) is 9.59 Å². The lowest BCUT2D eigenvalue weighted by molar-refractivity contribution is -0.117. The Morgan fingerprint density at radius 1 is 1.08 bits per heavy atom. The van der Waals surface area contributed by atoms with Crippen LogP contribution in [0.4, 0.5) is 5.69 Å². The van der Waals surface area contributed by atoms with E-state index in [1.807, 2.05) is 24.3 Å². The molecule has 2 N–H and O–H groups in total. The molecular weight excluding hydrogens is 354 g/mol. The first-order valence-corrected chi connectivity index (χ1v) is 9.61. The Morgan fingerprint density at radius 2 is 1.77 bits per heavy atom. The molecule has 0 radical (unpaired) electrons. The molecule has 0 aliphatic carbocycles. The van der Waals surface area contributed by atoms with Gasteiger partial charge >= 0.3 is 0 Å². The summed E-state index contributed by atoms with van der Waals surface area (Å²) >= 11 is 0. The average Bonchev–Trinajstić information content (AvgIpc) is 3.10. The Balaban J connectivity index is 1.67. The third-order valence-corrected chi connectivity index (χ3v) is 5.67. The largest absolute Gasteiger partial charge is 0.355 e. The summed E-state index contributed by atoms with van der Waals surface area (Å²) in [5, 5.41) is 2.46. The van der Waals surface area contributed by atoms with Gasteiger partial charge in [-0.2, -0.15) is 0 Å². The van der Waals surface area contributed by atoms with E-state index in [1.165, 1.54) is 31.3 Å². The first-order valence-electron chi connectivity index (χ1n) is 8.12. The van der Waals surface area contributed by atoms with Gasteiger partial charge in [-0.15, -0.1) is 0 Å². The summed E-state index contributed by atoms with van der Waals surface area (Å²) in [5.41, 5.74) is 2.26. The Hall–Kier alpha value is -2.71. The molecule has 2 aromatic carbocycles. The van der Waals surface area contributed by atoms with Gasteiger partial charge in [-0.1, -0.05) is 18.2 Å². The van der Waals surface area contributed by atoms with E-state index >= 15 is 0 Å². The van der Waals surface area contributed by atoms with E-state index in [0.29, 0.717) is 12.1 Å². The maximum atomic E-state index is 12.4. The predicted octanol–water partition coefficient (Wildman–Crippen LogP) is 0.914. The summed E-state index contributed by atoms with van der Waals surface area (Å²) in [5.74, 6) is -0.606. The molecular formula is C18H19N3O4S. The maximum absolute atomic E-state index is 12.4. The highest BCUT2D eigenvalue weighted by Gasteiger charge is 2.25. The molecule has 26 heavy (non-hydrogen) atoms. The number of nitrogens with one attached hydrogen (secondary N) is 2. The molecule has 0 saturated heterocycles. The summed E-state index contributed by atoms with van der Waals surface area (Å²) in [7, 11) is -2.34. The number of nitrogens with zero attached hydrogens (tertiary/aromatic N) is 1. The number of anilines is 1. The smallest absolute Gasteiger partial charge is 0.251 e. The average molecular weight is 373 g/mol. The normalized spacial score (nSPS) is 13.3. The number of fused-ring (bicyclic) bond motifs is 1. The second-order valence-corrected chi connectivity index (χ2v) is 7.62. The lowest BCUT2D eigenvalue weighted by Crippen LogP contribution is -2.39. The monoisotopic (exact) mass is 373 g/mol. The molecule has 0 aromatic heterocycles. The zero-order valence-electron chi connectivity index (χ0n) is 14.2. The number of amides is 2. The van der Waals surface area contributed by atoms with Gasteiger partial charge < -0.3 is 10.2 Å². The Morgan fingerprint density at radius 3 is 2.46 bits per heavy atom. The van der Waals surface area contributed by atoms with E-state index in [1.54, 1.807) is 4.90 Å². The SMILES string of the molecule is CNC(=O)c1ccc(S(=O)(=O)NCC(=O)N2CCc3ccccc32)cc1. The fourth-order valence-electron chi connectivity index (χ4n) is 2.86. The standard InChI is InChI=1S/C18H19N3O4S/c1-19-18(23)14-6-8-15(9-7-14)26(24,25)20-12-17(22)21-11-10-13-4-2-3-5-16(13)21/h2-9,20H,10-12H2,1H3,(H,19,23). The molecule has 1 aliphatic rings. The number of hydrogen-bond donors (Lipinski definition) is 2. The first-order chi connectivity index (χ1) is 12.4. The predicted molar refractivity (Wildman–Crippen MR) is 97.5 cm³/mol. The van der Waals surface area contributed by atoms with Gasteiger partial charge in [0.25, 0.3) is 5.91 Å². The van der Waals surface area contributed by atoms with Crippen molar-refractivity contribution in [2.45, 2.75) is 11.3 Å². The van der Waals surface area contributed by atoms with Gasteiger partial charge in [-0.25, -0.2) is 13.1 Å². The van der Waals surface area contributed by atoms with Crippen LogP contribution in [0.25, 0.3) is 0 Å². The van der Waals surface area contributed by atoms with Crippen LogP contribution in [-0.4, -0.2) is 40.4 Å². The minimum atomic E-state index is -3.84. The summed E-state index contributed by atoms with van der Waals surface area (Å²) in [4.78, 5) is 25.5. The number of carbonyl (C=O) groups excluding carboxylic acids is 2. The number of carbonyl (C=O) groups is 2. The van der Waals surface area contributed by atoms with Crippen molar-refractivity contribution >= 4 is 27.5 Å². The van der Waals surface area contributed by atoms with Crippen molar-refractivity contribution in [2.24, 2.45) is 0 Å². The molecule has 1 aliphatic heterocycles. The second kappa shape index (κ2) is 7.27. The van der Waals surface area contributed by atoms with Gasteiger partial charge in [0.15, 0.2) is 0 Å². The van der Waals surface area contributed by atoms with Crippen LogP contribution in [0.5, 0.6) is 0 Å². The number of benzene rings is 2. The van der Waals surface area contributed by atoms with Crippen LogP contribution in [0.15, 0.2) is 53.4 Å². The van der Waals surface area contributed by atoms with E-state index in [-0.39, 0.29) is 23.3 Å². The molecule has 0 unspecified atom stereocenters. The number of sulfonamides is 1. The summed E-state index contributed by atoms with van der Waals surface area (Å²) < 4.78 is 27.1. The second-order valence-electron chi connectivity index (χ2n) is 5.85. The van der Waals surface area contributed by atoms with Crippen molar-refractivity contribution in [3.05, 3.63) is 59.7 Å². The summed E-state index contributed by atoms with van der Waals surface area (Å²) in [6.07, 6.45) is 0.760. The first kappa shape index (κ1) is 18.1.